The molecule has 25 heavy (non-hydrogen) atoms. The average molecular weight is 347 g/mol. The van der Waals surface area contributed by atoms with Crippen LogP contribution in [0.3, 0.4) is 0 Å². The van der Waals surface area contributed by atoms with Crippen LogP contribution in [0.5, 0.6) is 11.5 Å². The number of piperidine rings is 1. The predicted molar refractivity (Wildman–Crippen MR) is 92.3 cm³/mol. The van der Waals surface area contributed by atoms with Crippen LogP contribution in [0.2, 0.25) is 0 Å². The van der Waals surface area contributed by atoms with E-state index >= 15 is 0 Å². The zero-order valence-electron chi connectivity index (χ0n) is 15.3. The topological polar surface area (TPSA) is 65.1 Å². The number of likely N-dealkylation sites (tertiary alicyclic amines) is 1. The Hall–Kier alpha value is -2.24. The van der Waals surface area contributed by atoms with E-state index in [1.807, 2.05) is 20.8 Å². The molecule has 0 bridgehead atoms. The third-order valence-corrected chi connectivity index (χ3v) is 4.62. The van der Waals surface area contributed by atoms with Crippen LogP contribution in [-0.4, -0.2) is 48.2 Å². The van der Waals surface area contributed by atoms with Gasteiger partial charge in [-0.1, -0.05) is 0 Å². The van der Waals surface area contributed by atoms with Crippen molar-refractivity contribution in [1.29, 1.82) is 0 Å². The fourth-order valence-electron chi connectivity index (χ4n) is 3.30. The van der Waals surface area contributed by atoms with Gasteiger partial charge in [0.1, 0.15) is 22.7 Å². The molecular weight excluding hydrogens is 322 g/mol. The summed E-state index contributed by atoms with van der Waals surface area (Å²) in [7, 11) is 1.57. The number of hydrogen-bond acceptors (Lipinski definition) is 5. The number of nitrogens with zero attached hydrogens (tertiary/aromatic N) is 1. The van der Waals surface area contributed by atoms with E-state index in [1.54, 1.807) is 30.2 Å². The summed E-state index contributed by atoms with van der Waals surface area (Å²) in [5, 5.41) is 0. The van der Waals surface area contributed by atoms with Crippen molar-refractivity contribution in [3.05, 3.63) is 23.8 Å². The summed E-state index contributed by atoms with van der Waals surface area (Å²) < 4.78 is 16.8. The summed E-state index contributed by atoms with van der Waals surface area (Å²) >= 11 is 0. The smallest absolute Gasteiger partial charge is 0.410 e. The van der Waals surface area contributed by atoms with Crippen LogP contribution in [0.15, 0.2) is 18.2 Å². The molecular formula is C19H25NO5. The number of ketones is 1. The molecule has 0 atom stereocenters. The Morgan fingerprint density at radius 1 is 1.24 bits per heavy atom. The highest BCUT2D eigenvalue weighted by atomic mass is 16.6. The molecule has 1 amide bonds. The van der Waals surface area contributed by atoms with Crippen molar-refractivity contribution in [2.45, 2.75) is 51.2 Å². The number of hydrogen-bond donors (Lipinski definition) is 0. The van der Waals surface area contributed by atoms with Crippen molar-refractivity contribution < 1.29 is 23.8 Å². The third kappa shape index (κ3) is 3.72. The van der Waals surface area contributed by atoms with Crippen LogP contribution in [0.1, 0.15) is 50.4 Å². The number of benzene rings is 1. The molecule has 0 radical (unpaired) electrons. The van der Waals surface area contributed by atoms with E-state index in [4.69, 9.17) is 14.2 Å². The zero-order chi connectivity index (χ0) is 18.2. The molecule has 1 aromatic carbocycles. The fourth-order valence-corrected chi connectivity index (χ4v) is 3.30. The minimum absolute atomic E-state index is 0.0610. The van der Waals surface area contributed by atoms with Gasteiger partial charge in [0.05, 0.1) is 19.1 Å². The number of carbonyl (C=O) groups is 2. The number of Topliss-reactive ketones (excluding diaryl/α,β-unsaturated/α-hetero) is 1. The van der Waals surface area contributed by atoms with Gasteiger partial charge in [0.2, 0.25) is 0 Å². The molecule has 6 nitrogen and oxygen atoms in total. The Labute approximate surface area is 148 Å². The van der Waals surface area contributed by atoms with Crippen molar-refractivity contribution in [1.82, 2.24) is 4.90 Å². The molecule has 2 aliphatic heterocycles. The second-order valence-corrected chi connectivity index (χ2v) is 7.71. The highest BCUT2D eigenvalue weighted by Gasteiger charge is 2.44. The summed E-state index contributed by atoms with van der Waals surface area (Å²) in [5.41, 5.74) is -0.474. The minimum atomic E-state index is -0.531. The predicted octanol–water partition coefficient (Wildman–Crippen LogP) is 3.43. The molecule has 0 aliphatic carbocycles. The summed E-state index contributed by atoms with van der Waals surface area (Å²) in [6, 6.07) is 5.30. The molecule has 136 valence electrons. The highest BCUT2D eigenvalue weighted by Crippen LogP contribution is 2.40. The summed E-state index contributed by atoms with van der Waals surface area (Å²) in [6.07, 6.45) is 1.25. The van der Waals surface area contributed by atoms with Crippen molar-refractivity contribution in [2.75, 3.05) is 20.2 Å². The summed E-state index contributed by atoms with van der Waals surface area (Å²) in [4.78, 5) is 26.5. The van der Waals surface area contributed by atoms with E-state index in [0.29, 0.717) is 49.4 Å². The summed E-state index contributed by atoms with van der Waals surface area (Å²) in [6.45, 7) is 6.60. The Bertz CT molecular complexity index is 684. The van der Waals surface area contributed by atoms with Gasteiger partial charge in [-0.2, -0.15) is 0 Å². The van der Waals surface area contributed by atoms with Crippen LogP contribution in [0.4, 0.5) is 4.79 Å². The minimum Gasteiger partial charge on any atom is -0.497 e. The molecule has 6 heteroatoms. The van der Waals surface area contributed by atoms with Crippen LogP contribution >= 0.6 is 0 Å². The van der Waals surface area contributed by atoms with E-state index in [2.05, 4.69) is 0 Å². The number of fused-ring (bicyclic) bond motifs is 1. The first-order valence-electron chi connectivity index (χ1n) is 8.60. The van der Waals surface area contributed by atoms with E-state index < -0.39 is 11.2 Å². The van der Waals surface area contributed by atoms with Gasteiger partial charge in [-0.25, -0.2) is 4.79 Å². The lowest BCUT2D eigenvalue weighted by molar-refractivity contribution is -0.0226. The Morgan fingerprint density at radius 3 is 2.52 bits per heavy atom. The van der Waals surface area contributed by atoms with Crippen LogP contribution in [-0.2, 0) is 4.74 Å². The first-order valence-corrected chi connectivity index (χ1v) is 8.60. The normalized spacial score (nSPS) is 19.2. The monoisotopic (exact) mass is 347 g/mol. The number of amides is 1. The van der Waals surface area contributed by atoms with E-state index in [9.17, 15) is 9.59 Å². The van der Waals surface area contributed by atoms with Crippen molar-refractivity contribution >= 4 is 11.9 Å². The molecule has 0 aromatic heterocycles. The van der Waals surface area contributed by atoms with Crippen molar-refractivity contribution in [3.63, 3.8) is 0 Å². The van der Waals surface area contributed by atoms with E-state index in [-0.39, 0.29) is 11.9 Å². The molecule has 3 rings (SSSR count). The number of carbonyl (C=O) groups excluding carboxylic acids is 2. The molecule has 1 spiro atoms. The molecule has 0 saturated carbocycles. The Balaban J connectivity index is 1.69. The first kappa shape index (κ1) is 17.6. The van der Waals surface area contributed by atoms with E-state index in [1.165, 1.54) is 0 Å². The highest BCUT2D eigenvalue weighted by molar-refractivity contribution is 6.00. The lowest BCUT2D eigenvalue weighted by Gasteiger charge is -2.44. The second kappa shape index (κ2) is 6.24. The SMILES string of the molecule is COc1ccc2c(c1)C(=O)CC1(CCN(C(=O)OC(C)(C)C)CC1)O2. The molecule has 0 N–H and O–H groups in total. The van der Waals surface area contributed by atoms with Crippen molar-refractivity contribution in [2.24, 2.45) is 0 Å². The lowest BCUT2D eigenvalue weighted by Crippen LogP contribution is -2.52. The molecule has 1 saturated heterocycles. The molecule has 2 heterocycles. The van der Waals surface area contributed by atoms with Crippen molar-refractivity contribution in [3.8, 4) is 11.5 Å². The second-order valence-electron chi connectivity index (χ2n) is 7.71. The van der Waals surface area contributed by atoms with Crippen LogP contribution in [0, 0.1) is 0 Å². The van der Waals surface area contributed by atoms with Gasteiger partial charge in [0, 0.05) is 25.9 Å². The number of methoxy groups -OCH3 is 1. The molecule has 0 unspecified atom stereocenters. The zero-order valence-corrected chi connectivity index (χ0v) is 15.3. The molecule has 1 fully saturated rings. The maximum atomic E-state index is 12.6. The Kier molecular flexibility index (Phi) is 4.39. The van der Waals surface area contributed by atoms with Gasteiger partial charge in [0.15, 0.2) is 5.78 Å². The van der Waals surface area contributed by atoms with Gasteiger partial charge in [0.25, 0.3) is 0 Å². The van der Waals surface area contributed by atoms with Gasteiger partial charge in [-0.3, -0.25) is 4.79 Å². The maximum absolute atomic E-state index is 12.6. The fraction of sp³-hybridized carbons (Fsp3) is 0.579. The van der Waals surface area contributed by atoms with Gasteiger partial charge >= 0.3 is 6.09 Å². The summed E-state index contributed by atoms with van der Waals surface area (Å²) in [5.74, 6) is 1.31. The molecule has 1 aromatic rings. The van der Waals surface area contributed by atoms with Gasteiger partial charge < -0.3 is 19.1 Å². The third-order valence-electron chi connectivity index (χ3n) is 4.62. The van der Waals surface area contributed by atoms with Gasteiger partial charge in [-0.05, 0) is 39.0 Å². The number of rotatable bonds is 1. The van der Waals surface area contributed by atoms with E-state index in [0.717, 1.165) is 0 Å². The average Bonchev–Trinajstić information content (AvgIpc) is 2.53. The maximum Gasteiger partial charge on any atom is 0.410 e. The lowest BCUT2D eigenvalue weighted by atomic mass is 9.82. The number of ether oxygens (including phenoxy) is 3. The standard InChI is InChI=1S/C19H25NO5/c1-18(2,3)25-17(22)20-9-7-19(8-10-20)12-15(21)14-11-13(23-4)5-6-16(14)24-19/h5-6,11H,7-10,12H2,1-4H3. The van der Waals surface area contributed by atoms with Crippen LogP contribution in [0.25, 0.3) is 0 Å². The first-order chi connectivity index (χ1) is 11.7. The Morgan fingerprint density at radius 2 is 1.92 bits per heavy atom. The largest absolute Gasteiger partial charge is 0.497 e. The van der Waals surface area contributed by atoms with Crippen LogP contribution < -0.4 is 9.47 Å². The van der Waals surface area contributed by atoms with Gasteiger partial charge in [-0.15, -0.1) is 0 Å². The quantitative estimate of drug-likeness (QED) is 0.779. The molecule has 2 aliphatic rings.